The summed E-state index contributed by atoms with van der Waals surface area (Å²) in [5.41, 5.74) is 3.04. The molecule has 0 saturated carbocycles. The number of fused-ring (bicyclic) bond motifs is 1. The first-order valence-electron chi connectivity index (χ1n) is 9.13. The number of nitrogens with zero attached hydrogens (tertiary/aromatic N) is 5. The Bertz CT molecular complexity index is 1180. The Kier molecular flexibility index (Phi) is 4.26. The van der Waals surface area contributed by atoms with E-state index in [1.54, 1.807) is 15.6 Å². The molecule has 0 atom stereocenters. The van der Waals surface area contributed by atoms with Crippen LogP contribution in [0, 0.1) is 0 Å². The molecule has 0 spiro atoms. The minimum absolute atomic E-state index is 0.211. The quantitative estimate of drug-likeness (QED) is 0.570. The monoisotopic (exact) mass is 377 g/mol. The maximum Gasteiger partial charge on any atom is 0.263 e. The fraction of sp³-hybridized carbons (Fsp3) is 0.300. The molecule has 0 aliphatic rings. The summed E-state index contributed by atoms with van der Waals surface area (Å²) < 4.78 is 3.55. The molecule has 3 aromatic heterocycles. The zero-order valence-corrected chi connectivity index (χ0v) is 16.4. The Morgan fingerprint density at radius 1 is 1.18 bits per heavy atom. The summed E-state index contributed by atoms with van der Waals surface area (Å²) in [5, 5.41) is 12.6. The summed E-state index contributed by atoms with van der Waals surface area (Å²) in [4.78, 5) is 19.8. The van der Waals surface area contributed by atoms with Gasteiger partial charge in [0.1, 0.15) is 5.39 Å². The first kappa shape index (κ1) is 18.0. The number of benzene rings is 1. The minimum atomic E-state index is -0.274. The van der Waals surface area contributed by atoms with E-state index < -0.39 is 0 Å². The van der Waals surface area contributed by atoms with Gasteiger partial charge in [0.05, 0.1) is 17.4 Å². The van der Waals surface area contributed by atoms with Gasteiger partial charge in [-0.05, 0) is 20.8 Å². The standard InChI is InChI=1S/C20H23N7O/c1-20(2,3)27-17-15(11-22-27)18(28)24-19(23-17)21-10-14-12-26(4)25-16(14)13-8-6-5-7-9-13/h5-9,11-12H,10H2,1-4H3,(H2,21,23,24,28). The first-order chi connectivity index (χ1) is 13.3. The maximum atomic E-state index is 12.4. The van der Waals surface area contributed by atoms with E-state index in [4.69, 9.17) is 0 Å². The Morgan fingerprint density at radius 3 is 2.64 bits per heavy atom. The van der Waals surface area contributed by atoms with Crippen molar-refractivity contribution in [3.8, 4) is 11.3 Å². The fourth-order valence-corrected chi connectivity index (χ4v) is 3.18. The van der Waals surface area contributed by atoms with Crippen LogP contribution < -0.4 is 10.9 Å². The van der Waals surface area contributed by atoms with Gasteiger partial charge in [-0.2, -0.15) is 15.2 Å². The third kappa shape index (κ3) is 3.28. The van der Waals surface area contributed by atoms with E-state index in [2.05, 4.69) is 25.5 Å². The summed E-state index contributed by atoms with van der Waals surface area (Å²) in [7, 11) is 1.89. The normalized spacial score (nSPS) is 11.9. The number of nitrogens with one attached hydrogen (secondary N) is 2. The molecule has 0 radical (unpaired) electrons. The molecule has 8 heteroatoms. The highest BCUT2D eigenvalue weighted by Crippen LogP contribution is 2.23. The van der Waals surface area contributed by atoms with Crippen LogP contribution in [0.1, 0.15) is 26.3 Å². The van der Waals surface area contributed by atoms with Crippen LogP contribution in [-0.4, -0.2) is 29.5 Å². The SMILES string of the molecule is Cn1cc(CNc2nc3c(cnn3C(C)(C)C)c(=O)[nH]2)c(-c2ccccc2)n1. The van der Waals surface area contributed by atoms with E-state index in [-0.39, 0.29) is 11.1 Å². The van der Waals surface area contributed by atoms with Gasteiger partial charge in [-0.15, -0.1) is 0 Å². The van der Waals surface area contributed by atoms with Crippen LogP contribution >= 0.6 is 0 Å². The lowest BCUT2D eigenvalue weighted by molar-refractivity contribution is 0.366. The molecule has 0 amide bonds. The molecule has 1 aromatic carbocycles. The third-order valence-corrected chi connectivity index (χ3v) is 4.47. The number of hydrogen-bond donors (Lipinski definition) is 2. The van der Waals surface area contributed by atoms with Gasteiger partial charge in [0.15, 0.2) is 5.65 Å². The van der Waals surface area contributed by atoms with E-state index >= 15 is 0 Å². The summed E-state index contributed by atoms with van der Waals surface area (Å²) in [6.07, 6.45) is 3.52. The fourth-order valence-electron chi connectivity index (χ4n) is 3.18. The predicted molar refractivity (Wildman–Crippen MR) is 109 cm³/mol. The molecule has 4 aromatic rings. The molecule has 28 heavy (non-hydrogen) atoms. The van der Waals surface area contributed by atoms with Crippen LogP contribution in [0.4, 0.5) is 5.95 Å². The molecular weight excluding hydrogens is 354 g/mol. The van der Waals surface area contributed by atoms with E-state index in [1.165, 1.54) is 0 Å². The number of hydrogen-bond acceptors (Lipinski definition) is 5. The number of H-pyrrole nitrogens is 1. The van der Waals surface area contributed by atoms with Crippen molar-refractivity contribution in [3.05, 3.63) is 58.6 Å². The minimum Gasteiger partial charge on any atom is -0.351 e. The second-order valence-electron chi connectivity index (χ2n) is 7.78. The molecule has 0 unspecified atom stereocenters. The molecular formula is C20H23N7O. The van der Waals surface area contributed by atoms with Gasteiger partial charge >= 0.3 is 0 Å². The molecule has 0 aliphatic carbocycles. The van der Waals surface area contributed by atoms with Gasteiger partial charge < -0.3 is 5.32 Å². The summed E-state index contributed by atoms with van der Waals surface area (Å²) >= 11 is 0. The predicted octanol–water partition coefficient (Wildman–Crippen LogP) is 2.89. The zero-order chi connectivity index (χ0) is 19.9. The van der Waals surface area contributed by atoms with Crippen LogP contribution in [0.5, 0.6) is 0 Å². The molecule has 2 N–H and O–H groups in total. The van der Waals surface area contributed by atoms with Gasteiger partial charge in [0.2, 0.25) is 5.95 Å². The van der Waals surface area contributed by atoms with Crippen molar-refractivity contribution >= 4 is 17.0 Å². The Hall–Kier alpha value is -3.42. The van der Waals surface area contributed by atoms with E-state index in [0.717, 1.165) is 16.8 Å². The molecule has 0 fully saturated rings. The van der Waals surface area contributed by atoms with Crippen molar-refractivity contribution in [1.82, 2.24) is 29.5 Å². The van der Waals surface area contributed by atoms with Gasteiger partial charge in [-0.25, -0.2) is 4.68 Å². The number of aromatic nitrogens is 6. The molecule has 144 valence electrons. The number of aryl methyl sites for hydroxylation is 1. The van der Waals surface area contributed by atoms with Crippen molar-refractivity contribution < 1.29 is 0 Å². The highest BCUT2D eigenvalue weighted by Gasteiger charge is 2.20. The second kappa shape index (κ2) is 6.63. The van der Waals surface area contributed by atoms with Crippen molar-refractivity contribution in [2.75, 3.05) is 5.32 Å². The van der Waals surface area contributed by atoms with Crippen LogP contribution in [-0.2, 0) is 19.1 Å². The number of aromatic amines is 1. The van der Waals surface area contributed by atoms with Crippen molar-refractivity contribution in [2.24, 2.45) is 7.05 Å². The largest absolute Gasteiger partial charge is 0.351 e. The lowest BCUT2D eigenvalue weighted by atomic mass is 10.1. The molecule has 4 rings (SSSR count). The van der Waals surface area contributed by atoms with Gasteiger partial charge in [-0.3, -0.25) is 14.5 Å². The summed E-state index contributed by atoms with van der Waals surface area (Å²) in [6.45, 7) is 6.56. The van der Waals surface area contributed by atoms with Crippen molar-refractivity contribution in [2.45, 2.75) is 32.9 Å². The smallest absolute Gasteiger partial charge is 0.263 e. The number of rotatable bonds is 4. The molecule has 0 aliphatic heterocycles. The highest BCUT2D eigenvalue weighted by atomic mass is 16.1. The number of anilines is 1. The average molecular weight is 377 g/mol. The summed E-state index contributed by atoms with van der Waals surface area (Å²) in [6, 6.07) is 10.0. The van der Waals surface area contributed by atoms with Gasteiger partial charge in [-0.1, -0.05) is 30.3 Å². The zero-order valence-electron chi connectivity index (χ0n) is 16.4. The molecule has 3 heterocycles. The molecule has 0 saturated heterocycles. The molecule has 0 bridgehead atoms. The van der Waals surface area contributed by atoms with Gasteiger partial charge in [0.25, 0.3) is 5.56 Å². The lowest BCUT2D eigenvalue weighted by Gasteiger charge is -2.19. The van der Waals surface area contributed by atoms with E-state index in [0.29, 0.717) is 23.5 Å². The third-order valence-electron chi connectivity index (χ3n) is 4.47. The Labute approximate surface area is 162 Å². The second-order valence-corrected chi connectivity index (χ2v) is 7.78. The summed E-state index contributed by atoms with van der Waals surface area (Å²) in [5.74, 6) is 0.409. The maximum absolute atomic E-state index is 12.4. The Morgan fingerprint density at radius 2 is 1.93 bits per heavy atom. The van der Waals surface area contributed by atoms with Crippen molar-refractivity contribution in [3.63, 3.8) is 0 Å². The molecule has 8 nitrogen and oxygen atoms in total. The van der Waals surface area contributed by atoms with Crippen LogP contribution in [0.3, 0.4) is 0 Å². The lowest BCUT2D eigenvalue weighted by Crippen LogP contribution is -2.24. The topological polar surface area (TPSA) is 93.4 Å². The Balaban J connectivity index is 1.66. The van der Waals surface area contributed by atoms with Crippen LogP contribution in [0.25, 0.3) is 22.3 Å². The first-order valence-corrected chi connectivity index (χ1v) is 9.13. The van der Waals surface area contributed by atoms with Crippen LogP contribution in [0.15, 0.2) is 47.5 Å². The van der Waals surface area contributed by atoms with Gasteiger partial charge in [0, 0.05) is 30.9 Å². The average Bonchev–Trinajstić information content (AvgIpc) is 3.24. The van der Waals surface area contributed by atoms with E-state index in [1.807, 2.05) is 64.3 Å². The van der Waals surface area contributed by atoms with E-state index in [9.17, 15) is 4.79 Å². The van der Waals surface area contributed by atoms with Crippen molar-refractivity contribution in [1.29, 1.82) is 0 Å². The van der Waals surface area contributed by atoms with Crippen LogP contribution in [0.2, 0.25) is 0 Å². The highest BCUT2D eigenvalue weighted by molar-refractivity contribution is 5.74.